The zero-order valence-electron chi connectivity index (χ0n) is 9.53. The summed E-state index contributed by atoms with van der Waals surface area (Å²) in [5, 5.41) is 0. The van der Waals surface area contributed by atoms with Crippen LogP contribution in [0.3, 0.4) is 0 Å². The number of hydrogen-bond acceptors (Lipinski definition) is 3. The molecule has 1 aliphatic rings. The zero-order valence-corrected chi connectivity index (χ0v) is 9.53. The van der Waals surface area contributed by atoms with Gasteiger partial charge in [-0.1, -0.05) is 6.07 Å². The summed E-state index contributed by atoms with van der Waals surface area (Å²) in [7, 11) is 0. The Hall–Kier alpha value is -2.11. The molecule has 6 heteroatoms. The number of nitrogens with two attached hydrogens (primary N) is 2. The Labute approximate surface area is 102 Å². The number of aromatic nitrogens is 2. The lowest BCUT2D eigenvalue weighted by Crippen LogP contribution is -2.14. The fourth-order valence-electron chi connectivity index (χ4n) is 2.00. The first kappa shape index (κ1) is 11.0. The minimum Gasteiger partial charge on any atom is -0.382 e. The van der Waals surface area contributed by atoms with Crippen molar-refractivity contribution in [3.63, 3.8) is 0 Å². The molecule has 18 heavy (non-hydrogen) atoms. The third kappa shape index (κ3) is 1.53. The SMILES string of the molecule is Nc1c(-c2c(F)cccc2F)nc(C2CC2)n1N. The molecule has 1 aromatic heterocycles. The van der Waals surface area contributed by atoms with Crippen molar-refractivity contribution in [3.8, 4) is 11.3 Å². The smallest absolute Gasteiger partial charge is 0.151 e. The average molecular weight is 250 g/mol. The van der Waals surface area contributed by atoms with Crippen molar-refractivity contribution < 1.29 is 8.78 Å². The highest BCUT2D eigenvalue weighted by atomic mass is 19.1. The molecule has 0 aliphatic heterocycles. The van der Waals surface area contributed by atoms with Crippen molar-refractivity contribution in [1.29, 1.82) is 0 Å². The Morgan fingerprint density at radius 1 is 1.22 bits per heavy atom. The predicted octanol–water partition coefficient (Wildman–Crippen LogP) is 2.00. The summed E-state index contributed by atoms with van der Waals surface area (Å²) >= 11 is 0. The third-order valence-electron chi connectivity index (χ3n) is 3.12. The van der Waals surface area contributed by atoms with E-state index in [1.807, 2.05) is 0 Å². The molecule has 94 valence electrons. The Morgan fingerprint density at radius 3 is 2.39 bits per heavy atom. The first-order valence-corrected chi connectivity index (χ1v) is 5.67. The predicted molar refractivity (Wildman–Crippen MR) is 64.1 cm³/mol. The standard InChI is InChI=1S/C12H12F2N4/c13-7-2-1-3-8(14)9(7)10-11(15)18(16)12(17-10)6-4-5-6/h1-3,6H,4-5,15-16H2. The maximum absolute atomic E-state index is 13.7. The summed E-state index contributed by atoms with van der Waals surface area (Å²) in [4.78, 5) is 4.20. The van der Waals surface area contributed by atoms with E-state index < -0.39 is 11.6 Å². The van der Waals surface area contributed by atoms with E-state index in [0.717, 1.165) is 12.8 Å². The van der Waals surface area contributed by atoms with Crippen LogP contribution in [0.5, 0.6) is 0 Å². The molecule has 0 amide bonds. The monoisotopic (exact) mass is 250 g/mol. The molecule has 1 fully saturated rings. The van der Waals surface area contributed by atoms with Crippen molar-refractivity contribution in [1.82, 2.24) is 9.66 Å². The lowest BCUT2D eigenvalue weighted by molar-refractivity contribution is 0.589. The number of nitrogens with zero attached hydrogens (tertiary/aromatic N) is 2. The molecular weight excluding hydrogens is 238 g/mol. The van der Waals surface area contributed by atoms with Gasteiger partial charge in [-0.25, -0.2) is 18.4 Å². The molecule has 0 bridgehead atoms. The molecule has 1 aliphatic carbocycles. The number of benzene rings is 1. The van der Waals surface area contributed by atoms with Gasteiger partial charge in [0.2, 0.25) is 0 Å². The van der Waals surface area contributed by atoms with E-state index >= 15 is 0 Å². The normalized spacial score (nSPS) is 15.0. The maximum Gasteiger partial charge on any atom is 0.151 e. The van der Waals surface area contributed by atoms with Gasteiger partial charge in [0.1, 0.15) is 23.2 Å². The van der Waals surface area contributed by atoms with Crippen LogP contribution in [0.1, 0.15) is 24.6 Å². The second-order valence-electron chi connectivity index (χ2n) is 4.44. The van der Waals surface area contributed by atoms with Crippen LogP contribution in [0, 0.1) is 11.6 Å². The largest absolute Gasteiger partial charge is 0.382 e. The second-order valence-corrected chi connectivity index (χ2v) is 4.44. The van der Waals surface area contributed by atoms with Gasteiger partial charge < -0.3 is 11.6 Å². The zero-order chi connectivity index (χ0) is 12.9. The molecule has 0 atom stereocenters. The van der Waals surface area contributed by atoms with E-state index in [2.05, 4.69) is 4.98 Å². The molecular formula is C12H12F2N4. The number of nitrogen functional groups attached to an aromatic ring is 2. The van der Waals surface area contributed by atoms with E-state index in [4.69, 9.17) is 11.6 Å². The van der Waals surface area contributed by atoms with Crippen LogP contribution in [0.25, 0.3) is 11.3 Å². The maximum atomic E-state index is 13.7. The van der Waals surface area contributed by atoms with Crippen molar-refractivity contribution in [2.75, 3.05) is 11.6 Å². The number of halogens is 2. The summed E-state index contributed by atoms with van der Waals surface area (Å²) in [5.74, 6) is 5.30. The van der Waals surface area contributed by atoms with Crippen LogP contribution < -0.4 is 11.6 Å². The molecule has 0 radical (unpaired) electrons. The number of hydrogen-bond donors (Lipinski definition) is 2. The molecule has 3 rings (SSSR count). The van der Waals surface area contributed by atoms with Crippen LogP contribution in [-0.4, -0.2) is 9.66 Å². The minimum atomic E-state index is -0.692. The average Bonchev–Trinajstić information content (AvgIpc) is 3.11. The molecule has 0 saturated heterocycles. The molecule has 4 nitrogen and oxygen atoms in total. The lowest BCUT2D eigenvalue weighted by Gasteiger charge is -2.03. The topological polar surface area (TPSA) is 69.9 Å². The number of imidazole rings is 1. The number of rotatable bonds is 2. The van der Waals surface area contributed by atoms with E-state index in [-0.39, 0.29) is 23.0 Å². The Bertz CT molecular complexity index is 597. The molecule has 0 spiro atoms. The van der Waals surface area contributed by atoms with Crippen LogP contribution in [0.15, 0.2) is 18.2 Å². The van der Waals surface area contributed by atoms with Gasteiger partial charge in [0.25, 0.3) is 0 Å². The van der Waals surface area contributed by atoms with Gasteiger partial charge in [0, 0.05) is 5.92 Å². The van der Waals surface area contributed by atoms with Crippen molar-refractivity contribution in [2.24, 2.45) is 0 Å². The van der Waals surface area contributed by atoms with E-state index in [9.17, 15) is 8.78 Å². The summed E-state index contributed by atoms with van der Waals surface area (Å²) < 4.78 is 28.6. The van der Waals surface area contributed by atoms with E-state index in [1.54, 1.807) is 0 Å². The van der Waals surface area contributed by atoms with Gasteiger partial charge in [-0.05, 0) is 25.0 Å². The third-order valence-corrected chi connectivity index (χ3v) is 3.12. The van der Waals surface area contributed by atoms with Gasteiger partial charge in [-0.3, -0.25) is 0 Å². The highest BCUT2D eigenvalue weighted by Gasteiger charge is 2.31. The lowest BCUT2D eigenvalue weighted by atomic mass is 10.1. The highest BCUT2D eigenvalue weighted by Crippen LogP contribution is 2.41. The molecule has 0 unspecified atom stereocenters. The van der Waals surface area contributed by atoms with Crippen LogP contribution >= 0.6 is 0 Å². The van der Waals surface area contributed by atoms with Crippen LogP contribution in [0.4, 0.5) is 14.6 Å². The molecule has 1 heterocycles. The van der Waals surface area contributed by atoms with Crippen LogP contribution in [-0.2, 0) is 0 Å². The molecule has 1 aromatic carbocycles. The number of anilines is 1. The van der Waals surface area contributed by atoms with Crippen molar-refractivity contribution >= 4 is 5.82 Å². The summed E-state index contributed by atoms with van der Waals surface area (Å²) in [6.45, 7) is 0. The van der Waals surface area contributed by atoms with E-state index in [1.165, 1.54) is 22.9 Å². The Kier molecular flexibility index (Phi) is 2.26. The second kappa shape index (κ2) is 3.69. The van der Waals surface area contributed by atoms with Gasteiger partial charge in [0.05, 0.1) is 5.56 Å². The molecule has 1 saturated carbocycles. The fraction of sp³-hybridized carbons (Fsp3) is 0.250. The Balaban J connectivity index is 2.20. The minimum absolute atomic E-state index is 0.0787. The van der Waals surface area contributed by atoms with Crippen molar-refractivity contribution in [3.05, 3.63) is 35.7 Å². The first-order chi connectivity index (χ1) is 8.59. The van der Waals surface area contributed by atoms with Crippen LogP contribution in [0.2, 0.25) is 0 Å². The van der Waals surface area contributed by atoms with Gasteiger partial charge in [0.15, 0.2) is 5.82 Å². The van der Waals surface area contributed by atoms with E-state index in [0.29, 0.717) is 5.82 Å². The highest BCUT2D eigenvalue weighted by molar-refractivity contribution is 5.72. The fourth-order valence-corrected chi connectivity index (χ4v) is 2.00. The van der Waals surface area contributed by atoms with Gasteiger partial charge in [-0.2, -0.15) is 0 Å². The quantitative estimate of drug-likeness (QED) is 0.801. The molecule has 4 N–H and O–H groups in total. The summed E-state index contributed by atoms with van der Waals surface area (Å²) in [5.41, 5.74) is 5.64. The Morgan fingerprint density at radius 2 is 1.83 bits per heavy atom. The van der Waals surface area contributed by atoms with Gasteiger partial charge >= 0.3 is 0 Å². The summed E-state index contributed by atoms with van der Waals surface area (Å²) in [6, 6.07) is 3.64. The summed E-state index contributed by atoms with van der Waals surface area (Å²) in [6.07, 6.45) is 1.96. The van der Waals surface area contributed by atoms with Crippen molar-refractivity contribution in [2.45, 2.75) is 18.8 Å². The van der Waals surface area contributed by atoms with Gasteiger partial charge in [-0.15, -0.1) is 0 Å². The molecule has 2 aromatic rings. The first-order valence-electron chi connectivity index (χ1n) is 5.67.